The molecule has 0 amide bonds. The fraction of sp³-hybridized carbons (Fsp3) is 1.00. The molecule has 0 spiro atoms. The molecule has 0 saturated heterocycles. The fourth-order valence-electron chi connectivity index (χ4n) is 1.87. The van der Waals surface area contributed by atoms with Crippen molar-refractivity contribution in [2.75, 3.05) is 6.54 Å². The van der Waals surface area contributed by atoms with Crippen molar-refractivity contribution < 1.29 is 0 Å². The standard InChI is InChI=1S/C10H19N/c1-10(6-2-7-10)11-8-5-9-3-4-9/h9,11H,2-8H2,1H3. The van der Waals surface area contributed by atoms with Crippen LogP contribution in [0.3, 0.4) is 0 Å². The van der Waals surface area contributed by atoms with Crippen LogP contribution in [0.5, 0.6) is 0 Å². The van der Waals surface area contributed by atoms with E-state index in [0.29, 0.717) is 5.54 Å². The van der Waals surface area contributed by atoms with Crippen LogP contribution in [0.15, 0.2) is 0 Å². The van der Waals surface area contributed by atoms with E-state index in [0.717, 1.165) is 5.92 Å². The molecule has 64 valence electrons. The zero-order chi connectivity index (χ0) is 7.73. The van der Waals surface area contributed by atoms with Gasteiger partial charge in [0.05, 0.1) is 0 Å². The summed E-state index contributed by atoms with van der Waals surface area (Å²) in [5, 5.41) is 3.67. The summed E-state index contributed by atoms with van der Waals surface area (Å²) >= 11 is 0. The molecule has 0 aliphatic heterocycles. The molecule has 11 heavy (non-hydrogen) atoms. The van der Waals surface area contributed by atoms with Crippen LogP contribution >= 0.6 is 0 Å². The van der Waals surface area contributed by atoms with Crippen LogP contribution in [0.4, 0.5) is 0 Å². The van der Waals surface area contributed by atoms with Crippen LogP contribution < -0.4 is 5.32 Å². The maximum Gasteiger partial charge on any atom is 0.0153 e. The molecule has 2 fully saturated rings. The van der Waals surface area contributed by atoms with Gasteiger partial charge in [0, 0.05) is 5.54 Å². The molecule has 0 radical (unpaired) electrons. The average Bonchev–Trinajstić information content (AvgIpc) is 2.68. The lowest BCUT2D eigenvalue weighted by Gasteiger charge is -2.39. The summed E-state index contributed by atoms with van der Waals surface area (Å²) in [6, 6.07) is 0. The molecule has 0 atom stereocenters. The first-order valence-corrected chi connectivity index (χ1v) is 5.04. The summed E-state index contributed by atoms with van der Waals surface area (Å²) in [5.74, 6) is 1.09. The Bertz CT molecular complexity index is 134. The van der Waals surface area contributed by atoms with E-state index >= 15 is 0 Å². The number of rotatable bonds is 4. The van der Waals surface area contributed by atoms with Gasteiger partial charge in [-0.05, 0) is 45.1 Å². The number of hydrogen-bond donors (Lipinski definition) is 1. The topological polar surface area (TPSA) is 12.0 Å². The first kappa shape index (κ1) is 7.60. The van der Waals surface area contributed by atoms with Crippen molar-refractivity contribution in [3.05, 3.63) is 0 Å². The van der Waals surface area contributed by atoms with Gasteiger partial charge in [-0.25, -0.2) is 0 Å². The van der Waals surface area contributed by atoms with E-state index in [2.05, 4.69) is 12.2 Å². The molecule has 0 aromatic carbocycles. The second-order valence-electron chi connectivity index (χ2n) is 4.57. The van der Waals surface area contributed by atoms with E-state index in [4.69, 9.17) is 0 Å². The molecule has 1 heteroatoms. The highest BCUT2D eigenvalue weighted by atomic mass is 15.0. The first-order chi connectivity index (χ1) is 5.29. The Morgan fingerprint density at radius 1 is 1.36 bits per heavy atom. The van der Waals surface area contributed by atoms with Crippen LogP contribution in [0.2, 0.25) is 0 Å². The quantitative estimate of drug-likeness (QED) is 0.653. The van der Waals surface area contributed by atoms with Gasteiger partial charge in [0.15, 0.2) is 0 Å². The number of nitrogens with one attached hydrogen (secondary N) is 1. The van der Waals surface area contributed by atoms with Crippen LogP contribution in [0.1, 0.15) is 45.4 Å². The highest BCUT2D eigenvalue weighted by Crippen LogP contribution is 2.34. The third-order valence-corrected chi connectivity index (χ3v) is 3.26. The molecule has 0 bridgehead atoms. The van der Waals surface area contributed by atoms with Crippen LogP contribution in [-0.4, -0.2) is 12.1 Å². The van der Waals surface area contributed by atoms with E-state index in [-0.39, 0.29) is 0 Å². The maximum absolute atomic E-state index is 3.67. The van der Waals surface area contributed by atoms with E-state index < -0.39 is 0 Å². The molecular formula is C10H19N. The van der Waals surface area contributed by atoms with Gasteiger partial charge in [0.25, 0.3) is 0 Å². The van der Waals surface area contributed by atoms with Crippen LogP contribution in [0.25, 0.3) is 0 Å². The predicted molar refractivity (Wildman–Crippen MR) is 47.6 cm³/mol. The third-order valence-electron chi connectivity index (χ3n) is 3.26. The Morgan fingerprint density at radius 3 is 2.55 bits per heavy atom. The molecule has 0 heterocycles. The monoisotopic (exact) mass is 153 g/mol. The van der Waals surface area contributed by atoms with Crippen LogP contribution in [-0.2, 0) is 0 Å². The predicted octanol–water partition coefficient (Wildman–Crippen LogP) is 2.32. The van der Waals surface area contributed by atoms with Gasteiger partial charge in [-0.15, -0.1) is 0 Å². The van der Waals surface area contributed by atoms with Gasteiger partial charge in [-0.2, -0.15) is 0 Å². The maximum atomic E-state index is 3.67. The van der Waals surface area contributed by atoms with Crippen molar-refractivity contribution in [2.24, 2.45) is 5.92 Å². The lowest BCUT2D eigenvalue weighted by molar-refractivity contribution is 0.207. The summed E-state index contributed by atoms with van der Waals surface area (Å²) in [7, 11) is 0. The highest BCUT2D eigenvalue weighted by Gasteiger charge is 2.31. The lowest BCUT2D eigenvalue weighted by atomic mass is 9.78. The Kier molecular flexibility index (Phi) is 1.92. The minimum atomic E-state index is 0.537. The Labute approximate surface area is 69.6 Å². The smallest absolute Gasteiger partial charge is 0.0153 e. The van der Waals surface area contributed by atoms with Gasteiger partial charge in [-0.1, -0.05) is 12.8 Å². The normalized spacial score (nSPS) is 28.1. The first-order valence-electron chi connectivity index (χ1n) is 5.04. The molecule has 2 aliphatic carbocycles. The van der Waals surface area contributed by atoms with Crippen molar-refractivity contribution >= 4 is 0 Å². The van der Waals surface area contributed by atoms with Crippen LogP contribution in [0, 0.1) is 5.92 Å². The van der Waals surface area contributed by atoms with Gasteiger partial charge in [-0.3, -0.25) is 0 Å². The minimum absolute atomic E-state index is 0.537. The van der Waals surface area contributed by atoms with E-state index in [1.807, 2.05) is 0 Å². The van der Waals surface area contributed by atoms with Crippen molar-refractivity contribution in [1.29, 1.82) is 0 Å². The molecule has 0 unspecified atom stereocenters. The van der Waals surface area contributed by atoms with Crippen molar-refractivity contribution in [2.45, 2.75) is 51.0 Å². The largest absolute Gasteiger partial charge is 0.312 e. The Balaban J connectivity index is 1.57. The average molecular weight is 153 g/mol. The second kappa shape index (κ2) is 2.78. The van der Waals surface area contributed by atoms with Gasteiger partial charge >= 0.3 is 0 Å². The molecule has 2 rings (SSSR count). The SMILES string of the molecule is CC1(NCCC2CC2)CCC1. The summed E-state index contributed by atoms with van der Waals surface area (Å²) in [4.78, 5) is 0. The lowest BCUT2D eigenvalue weighted by Crippen LogP contribution is -2.48. The van der Waals surface area contributed by atoms with E-state index in [1.54, 1.807) is 0 Å². The molecule has 2 aliphatic rings. The fourth-order valence-corrected chi connectivity index (χ4v) is 1.87. The van der Waals surface area contributed by atoms with Crippen molar-refractivity contribution in [1.82, 2.24) is 5.32 Å². The summed E-state index contributed by atoms with van der Waals surface area (Å²) in [6.45, 7) is 3.63. The Hall–Kier alpha value is -0.0400. The molecule has 1 nitrogen and oxygen atoms in total. The minimum Gasteiger partial charge on any atom is -0.312 e. The number of hydrogen-bond acceptors (Lipinski definition) is 1. The highest BCUT2D eigenvalue weighted by molar-refractivity contribution is 4.91. The molecule has 0 aromatic heterocycles. The van der Waals surface area contributed by atoms with Gasteiger partial charge < -0.3 is 5.32 Å². The molecular weight excluding hydrogens is 134 g/mol. The van der Waals surface area contributed by atoms with Crippen molar-refractivity contribution in [3.63, 3.8) is 0 Å². The summed E-state index contributed by atoms with van der Waals surface area (Å²) in [6.07, 6.45) is 8.66. The summed E-state index contributed by atoms with van der Waals surface area (Å²) in [5.41, 5.74) is 0.537. The second-order valence-corrected chi connectivity index (χ2v) is 4.57. The third kappa shape index (κ3) is 1.96. The molecule has 2 saturated carbocycles. The van der Waals surface area contributed by atoms with Gasteiger partial charge in [0.2, 0.25) is 0 Å². The van der Waals surface area contributed by atoms with Gasteiger partial charge in [0.1, 0.15) is 0 Å². The summed E-state index contributed by atoms with van der Waals surface area (Å²) < 4.78 is 0. The zero-order valence-electron chi connectivity index (χ0n) is 7.53. The van der Waals surface area contributed by atoms with E-state index in [9.17, 15) is 0 Å². The molecule has 0 aromatic rings. The van der Waals surface area contributed by atoms with Crippen molar-refractivity contribution in [3.8, 4) is 0 Å². The zero-order valence-corrected chi connectivity index (χ0v) is 7.53. The molecule has 1 N–H and O–H groups in total. The van der Waals surface area contributed by atoms with E-state index in [1.165, 1.54) is 45.1 Å². The Morgan fingerprint density at radius 2 is 2.09 bits per heavy atom.